The Morgan fingerprint density at radius 1 is 0.710 bits per heavy atom. The number of pyridine rings is 2. The van der Waals surface area contributed by atoms with Gasteiger partial charge < -0.3 is 19.8 Å². The molecule has 10 heteroatoms. The summed E-state index contributed by atoms with van der Waals surface area (Å²) in [5.74, 6) is 3.55. The van der Waals surface area contributed by atoms with E-state index in [1.165, 1.54) is 68.1 Å². The Morgan fingerprint density at radius 2 is 1.39 bits per heavy atom. The number of rotatable bonds is 10. The molecule has 2 saturated heterocycles. The highest BCUT2D eigenvalue weighted by atomic mass is 35.5. The predicted octanol–water partition coefficient (Wildman–Crippen LogP) is 11.6. The molecule has 2 aliphatic heterocycles. The minimum atomic E-state index is 0.315. The lowest BCUT2D eigenvalue weighted by atomic mass is 9.76. The van der Waals surface area contributed by atoms with Gasteiger partial charge in [0.1, 0.15) is 22.2 Å². The summed E-state index contributed by atoms with van der Waals surface area (Å²) in [6.07, 6.45) is 22.8. The molecule has 8 nitrogen and oxygen atoms in total. The number of benzene rings is 2. The van der Waals surface area contributed by atoms with Gasteiger partial charge in [-0.25, -0.2) is 15.0 Å². The van der Waals surface area contributed by atoms with E-state index in [2.05, 4.69) is 117 Å². The number of nitrogens with zero attached hydrogens (tertiary/aromatic N) is 6. The molecule has 4 aromatic heterocycles. The Kier molecular flexibility index (Phi) is 13.4. The average molecular weight is 865 g/mol. The monoisotopic (exact) mass is 863 g/mol. The second kappa shape index (κ2) is 19.6. The molecule has 1 atom stereocenters. The van der Waals surface area contributed by atoms with E-state index in [-0.39, 0.29) is 0 Å². The average Bonchev–Trinajstić information content (AvgIpc) is 3.84. The fourth-order valence-electron chi connectivity index (χ4n) is 10.2. The maximum absolute atomic E-state index is 6.51. The summed E-state index contributed by atoms with van der Waals surface area (Å²) < 4.78 is 4.45. The van der Waals surface area contributed by atoms with Crippen molar-refractivity contribution < 1.29 is 0 Å². The number of aryl methyl sites for hydroxylation is 5. The van der Waals surface area contributed by atoms with Crippen LogP contribution in [0.15, 0.2) is 104 Å². The molecule has 0 saturated carbocycles. The zero-order chi connectivity index (χ0) is 42.4. The SMILES string of the molecule is Cc1nccn1CCCC1=Cc2cccnc2C(C2CCNCC2)c2ccc(Cl)cc21.Cc1nccn1CCCc1cc2cccnc2c(C2CCNCC2)c2ccc(Cl)c[c+]12. The van der Waals surface area contributed by atoms with Crippen molar-refractivity contribution in [3.8, 4) is 0 Å². The van der Waals surface area contributed by atoms with Crippen LogP contribution in [0.4, 0.5) is 0 Å². The van der Waals surface area contributed by atoms with Crippen LogP contribution < -0.4 is 10.6 Å². The highest BCUT2D eigenvalue weighted by Gasteiger charge is 2.33. The smallest absolute Gasteiger partial charge is 0.115 e. The predicted molar refractivity (Wildman–Crippen MR) is 256 cm³/mol. The van der Waals surface area contributed by atoms with Gasteiger partial charge in [-0.05, 0) is 168 Å². The molecular weight excluding hydrogens is 808 g/mol. The Hall–Kier alpha value is -4.99. The van der Waals surface area contributed by atoms with Crippen LogP contribution in [0.2, 0.25) is 10.0 Å². The lowest BCUT2D eigenvalue weighted by Crippen LogP contribution is -2.32. The third kappa shape index (κ3) is 9.35. The summed E-state index contributed by atoms with van der Waals surface area (Å²) in [6.45, 7) is 10.3. The summed E-state index contributed by atoms with van der Waals surface area (Å²) in [7, 11) is 0. The van der Waals surface area contributed by atoms with Crippen LogP contribution >= 0.6 is 23.2 Å². The van der Waals surface area contributed by atoms with Crippen LogP contribution in [-0.2, 0) is 19.5 Å². The van der Waals surface area contributed by atoms with E-state index in [9.17, 15) is 0 Å². The summed E-state index contributed by atoms with van der Waals surface area (Å²) >= 11 is 13.0. The van der Waals surface area contributed by atoms with Gasteiger partial charge in [0.2, 0.25) is 0 Å². The van der Waals surface area contributed by atoms with Gasteiger partial charge in [-0.3, -0.25) is 4.98 Å². The molecule has 0 amide bonds. The van der Waals surface area contributed by atoms with Crippen molar-refractivity contribution in [2.24, 2.45) is 5.92 Å². The molecule has 3 aromatic carbocycles. The molecule has 318 valence electrons. The van der Waals surface area contributed by atoms with Crippen LogP contribution in [-0.4, -0.2) is 55.2 Å². The van der Waals surface area contributed by atoms with E-state index in [0.717, 1.165) is 105 Å². The number of hydrogen-bond donors (Lipinski definition) is 2. The van der Waals surface area contributed by atoms with Crippen molar-refractivity contribution in [3.05, 3.63) is 159 Å². The van der Waals surface area contributed by atoms with Gasteiger partial charge in [0.15, 0.2) is 0 Å². The summed E-state index contributed by atoms with van der Waals surface area (Å²) in [4.78, 5) is 18.5. The van der Waals surface area contributed by atoms with Gasteiger partial charge in [0.25, 0.3) is 0 Å². The van der Waals surface area contributed by atoms with Gasteiger partial charge in [-0.15, -0.1) is 0 Å². The maximum Gasteiger partial charge on any atom is 0.115 e. The van der Waals surface area contributed by atoms with Crippen molar-refractivity contribution in [1.82, 2.24) is 39.7 Å². The first-order valence-electron chi connectivity index (χ1n) is 22.6. The number of halogens is 2. The molecule has 1 aliphatic carbocycles. The highest BCUT2D eigenvalue weighted by molar-refractivity contribution is 6.31. The van der Waals surface area contributed by atoms with Crippen LogP contribution in [0.3, 0.4) is 0 Å². The molecule has 0 bridgehead atoms. The quantitative estimate of drug-likeness (QED) is 0.133. The third-order valence-electron chi connectivity index (χ3n) is 13.4. The normalized spacial score (nSPS) is 16.9. The van der Waals surface area contributed by atoms with Gasteiger partial charge >= 0.3 is 0 Å². The van der Waals surface area contributed by atoms with Gasteiger partial charge in [0.05, 0.1) is 22.0 Å². The number of piperidine rings is 2. The molecule has 0 radical (unpaired) electrons. The molecule has 0 spiro atoms. The number of imidazole rings is 2. The highest BCUT2D eigenvalue weighted by Crippen LogP contribution is 2.45. The fourth-order valence-corrected chi connectivity index (χ4v) is 10.6. The molecule has 6 heterocycles. The molecule has 7 aromatic rings. The Balaban J connectivity index is 0.000000158. The number of hydrogen-bond acceptors (Lipinski definition) is 6. The van der Waals surface area contributed by atoms with Crippen LogP contribution in [0.1, 0.15) is 102 Å². The Morgan fingerprint density at radius 3 is 2.11 bits per heavy atom. The Labute approximate surface area is 375 Å². The molecule has 3 aliphatic rings. The molecular formula is C52H57Cl2N8+. The van der Waals surface area contributed by atoms with Gasteiger partial charge in [0, 0.05) is 102 Å². The summed E-state index contributed by atoms with van der Waals surface area (Å²) in [5, 5.41) is 12.4. The molecule has 2 fully saturated rings. The molecule has 62 heavy (non-hydrogen) atoms. The second-order valence-electron chi connectivity index (χ2n) is 17.2. The topological polar surface area (TPSA) is 85.5 Å². The number of allylic oxidation sites excluding steroid dienone is 1. The van der Waals surface area contributed by atoms with Crippen molar-refractivity contribution in [1.29, 1.82) is 0 Å². The summed E-state index contributed by atoms with van der Waals surface area (Å²) in [5.41, 5.74) is 10.4. The number of fused-ring (bicyclic) bond motifs is 4. The first kappa shape index (κ1) is 42.3. The lowest BCUT2D eigenvalue weighted by Gasteiger charge is -2.32. The molecule has 10 rings (SSSR count). The minimum absolute atomic E-state index is 0.315. The third-order valence-corrected chi connectivity index (χ3v) is 13.8. The van der Waals surface area contributed by atoms with E-state index >= 15 is 0 Å². The van der Waals surface area contributed by atoms with Gasteiger partial charge in [-0.1, -0.05) is 23.7 Å². The zero-order valence-electron chi connectivity index (χ0n) is 36.0. The van der Waals surface area contributed by atoms with Crippen LogP contribution in [0.25, 0.3) is 33.3 Å². The Bertz CT molecular complexity index is 2690. The summed E-state index contributed by atoms with van der Waals surface area (Å²) in [6, 6.07) is 23.7. The van der Waals surface area contributed by atoms with Crippen LogP contribution in [0.5, 0.6) is 0 Å². The molecule has 1 unspecified atom stereocenters. The van der Waals surface area contributed by atoms with Crippen molar-refractivity contribution in [2.45, 2.75) is 90.1 Å². The minimum Gasteiger partial charge on any atom is -0.335 e. The van der Waals surface area contributed by atoms with Gasteiger partial charge in [-0.2, -0.15) is 0 Å². The van der Waals surface area contributed by atoms with E-state index in [0.29, 0.717) is 17.8 Å². The fraction of sp³-hybridized carbons (Fsp3) is 0.365. The first-order chi connectivity index (χ1) is 30.4. The second-order valence-corrected chi connectivity index (χ2v) is 18.1. The van der Waals surface area contributed by atoms with E-state index in [1.54, 1.807) is 0 Å². The van der Waals surface area contributed by atoms with Crippen molar-refractivity contribution in [2.75, 3.05) is 26.2 Å². The van der Waals surface area contributed by atoms with E-state index < -0.39 is 0 Å². The van der Waals surface area contributed by atoms with E-state index in [4.69, 9.17) is 33.2 Å². The van der Waals surface area contributed by atoms with E-state index in [1.807, 2.05) is 36.9 Å². The first-order valence-corrected chi connectivity index (χ1v) is 23.3. The van der Waals surface area contributed by atoms with Crippen molar-refractivity contribution >= 4 is 56.5 Å². The van der Waals surface area contributed by atoms with Crippen LogP contribution in [0, 0.1) is 19.8 Å². The lowest BCUT2D eigenvalue weighted by molar-refractivity contribution is 0.339. The largest absolute Gasteiger partial charge is 0.335 e. The van der Waals surface area contributed by atoms with Crippen molar-refractivity contribution in [3.63, 3.8) is 0 Å². The zero-order valence-corrected chi connectivity index (χ0v) is 37.5. The number of aromatic nitrogens is 6. The maximum atomic E-state index is 6.51. The number of nitrogens with one attached hydrogen (secondary N) is 2. The molecule has 2 N–H and O–H groups in total. The standard InChI is InChI=1S/C26H29ClN4.C26H28ClN4/c2*1-18-29-13-15-31(18)14-3-5-20-16-21-4-2-10-30-26(21)25(19-8-11-28-12-9-19)23-7-6-22(27)17-24(20)23/h2,4,6-7,10,13,15-17,19,25,28H,3,5,8-9,11-12,14H2,1H3;2,4,6-7,10,13,15-17,19,28H,3,5,8-9,11-12,14H2,1H3/q;+1.